The lowest BCUT2D eigenvalue weighted by Gasteiger charge is -2.03. The second-order valence-corrected chi connectivity index (χ2v) is 2.66. The fraction of sp³-hybridized carbons (Fsp3) is 0.375. The number of carboxylic acids is 1. The molecule has 0 aliphatic rings. The molecule has 1 atom stereocenters. The van der Waals surface area contributed by atoms with Crippen molar-refractivity contribution in [2.45, 2.75) is 19.8 Å². The van der Waals surface area contributed by atoms with Crippen molar-refractivity contribution in [1.82, 2.24) is 10.2 Å². The zero-order valence-electron chi connectivity index (χ0n) is 6.98. The van der Waals surface area contributed by atoms with E-state index >= 15 is 0 Å². The summed E-state index contributed by atoms with van der Waals surface area (Å²) in [5.41, 5.74) is 1.28. The van der Waals surface area contributed by atoms with Gasteiger partial charge in [-0.3, -0.25) is 4.79 Å². The predicted octanol–water partition coefficient (Wildman–Crippen LogP) is 0.973. The first-order valence-corrected chi connectivity index (χ1v) is 3.64. The van der Waals surface area contributed by atoms with Crippen LogP contribution in [0.4, 0.5) is 0 Å². The van der Waals surface area contributed by atoms with Gasteiger partial charge in [-0.25, -0.2) is 0 Å². The molecule has 0 aliphatic carbocycles. The van der Waals surface area contributed by atoms with Crippen LogP contribution < -0.4 is 0 Å². The number of aromatic nitrogens is 2. The number of carbonyl (C=O) groups is 1. The average Bonchev–Trinajstić information content (AvgIpc) is 2.04. The highest BCUT2D eigenvalue weighted by molar-refractivity contribution is 5.74. The van der Waals surface area contributed by atoms with Crippen molar-refractivity contribution in [3.63, 3.8) is 0 Å². The maximum atomic E-state index is 10.5. The fourth-order valence-electron chi connectivity index (χ4n) is 0.767. The number of nitrogens with zero attached hydrogens (tertiary/aromatic N) is 2. The first-order chi connectivity index (χ1) is 5.61. The van der Waals surface area contributed by atoms with Crippen LogP contribution in [0.2, 0.25) is 0 Å². The van der Waals surface area contributed by atoms with Gasteiger partial charge in [0.15, 0.2) is 0 Å². The topological polar surface area (TPSA) is 63.1 Å². The summed E-state index contributed by atoms with van der Waals surface area (Å²) in [6.07, 6.45) is 0. The lowest BCUT2D eigenvalue weighted by Crippen LogP contribution is -2.09. The van der Waals surface area contributed by atoms with Gasteiger partial charge < -0.3 is 5.11 Å². The minimum atomic E-state index is -0.881. The van der Waals surface area contributed by atoms with E-state index in [1.54, 1.807) is 19.1 Å². The molecule has 0 aliphatic heterocycles. The Morgan fingerprint density at radius 3 is 2.58 bits per heavy atom. The Morgan fingerprint density at radius 2 is 2.17 bits per heavy atom. The van der Waals surface area contributed by atoms with Crippen LogP contribution in [0.1, 0.15) is 24.2 Å². The van der Waals surface area contributed by atoms with Gasteiger partial charge in [0.1, 0.15) is 0 Å². The smallest absolute Gasteiger partial charge is 0.312 e. The van der Waals surface area contributed by atoms with Gasteiger partial charge in [0.2, 0.25) is 0 Å². The van der Waals surface area contributed by atoms with E-state index < -0.39 is 11.9 Å². The molecule has 0 saturated carbocycles. The van der Waals surface area contributed by atoms with Crippen LogP contribution in [0, 0.1) is 6.92 Å². The molecule has 1 aromatic heterocycles. The zero-order valence-corrected chi connectivity index (χ0v) is 6.98. The number of aliphatic carboxylic acids is 1. The number of hydrogen-bond acceptors (Lipinski definition) is 3. The minimum absolute atomic E-state index is 0.494. The summed E-state index contributed by atoms with van der Waals surface area (Å²) in [5, 5.41) is 16.2. The molecule has 4 heteroatoms. The number of aryl methyl sites for hydroxylation is 1. The van der Waals surface area contributed by atoms with E-state index in [0.29, 0.717) is 5.69 Å². The highest BCUT2D eigenvalue weighted by Crippen LogP contribution is 2.10. The Balaban J connectivity index is 2.89. The van der Waals surface area contributed by atoms with Gasteiger partial charge in [-0.05, 0) is 26.0 Å². The molecule has 0 aromatic carbocycles. The molecule has 1 aromatic rings. The van der Waals surface area contributed by atoms with Crippen molar-refractivity contribution in [2.24, 2.45) is 0 Å². The highest BCUT2D eigenvalue weighted by atomic mass is 16.4. The van der Waals surface area contributed by atoms with Gasteiger partial charge >= 0.3 is 5.97 Å². The Kier molecular flexibility index (Phi) is 2.38. The molecular formula is C8H10N2O2. The molecule has 12 heavy (non-hydrogen) atoms. The summed E-state index contributed by atoms with van der Waals surface area (Å²) < 4.78 is 0. The van der Waals surface area contributed by atoms with E-state index in [0.717, 1.165) is 5.69 Å². The molecule has 0 amide bonds. The van der Waals surface area contributed by atoms with E-state index in [1.165, 1.54) is 0 Å². The Morgan fingerprint density at radius 1 is 1.50 bits per heavy atom. The van der Waals surface area contributed by atoms with E-state index in [4.69, 9.17) is 5.11 Å². The number of carboxylic acid groups (broad SMARTS) is 1. The van der Waals surface area contributed by atoms with E-state index in [9.17, 15) is 4.79 Å². The van der Waals surface area contributed by atoms with Crippen LogP contribution in [0.3, 0.4) is 0 Å². The third-order valence-corrected chi connectivity index (χ3v) is 1.63. The molecule has 4 nitrogen and oxygen atoms in total. The summed E-state index contributed by atoms with van der Waals surface area (Å²) in [4.78, 5) is 10.5. The molecule has 1 heterocycles. The number of rotatable bonds is 2. The van der Waals surface area contributed by atoms with Crippen molar-refractivity contribution in [3.8, 4) is 0 Å². The lowest BCUT2D eigenvalue weighted by atomic mass is 10.1. The Labute approximate surface area is 70.3 Å². The van der Waals surface area contributed by atoms with Crippen LogP contribution in [0.25, 0.3) is 0 Å². The van der Waals surface area contributed by atoms with Gasteiger partial charge in [-0.2, -0.15) is 10.2 Å². The van der Waals surface area contributed by atoms with Gasteiger partial charge in [0.05, 0.1) is 17.3 Å². The third kappa shape index (κ3) is 1.78. The van der Waals surface area contributed by atoms with Gasteiger partial charge in [0, 0.05) is 0 Å². The number of hydrogen-bond donors (Lipinski definition) is 1. The lowest BCUT2D eigenvalue weighted by molar-refractivity contribution is -0.138. The maximum absolute atomic E-state index is 10.5. The Hall–Kier alpha value is -1.45. The summed E-state index contributed by atoms with van der Waals surface area (Å²) in [5.74, 6) is -1.47. The molecule has 64 valence electrons. The summed E-state index contributed by atoms with van der Waals surface area (Å²) >= 11 is 0. The summed E-state index contributed by atoms with van der Waals surface area (Å²) in [6.45, 7) is 3.39. The van der Waals surface area contributed by atoms with Crippen LogP contribution in [-0.2, 0) is 4.79 Å². The van der Waals surface area contributed by atoms with Crippen molar-refractivity contribution in [1.29, 1.82) is 0 Å². The quantitative estimate of drug-likeness (QED) is 0.711. The van der Waals surface area contributed by atoms with Crippen molar-refractivity contribution < 1.29 is 9.90 Å². The van der Waals surface area contributed by atoms with Crippen LogP contribution in [0.5, 0.6) is 0 Å². The van der Waals surface area contributed by atoms with Gasteiger partial charge in [0.25, 0.3) is 0 Å². The molecule has 1 N–H and O–H groups in total. The third-order valence-electron chi connectivity index (χ3n) is 1.63. The molecule has 1 unspecified atom stereocenters. The molecule has 0 radical (unpaired) electrons. The van der Waals surface area contributed by atoms with Crippen LogP contribution in [0.15, 0.2) is 12.1 Å². The Bertz CT molecular complexity index is 282. The molecular weight excluding hydrogens is 156 g/mol. The average molecular weight is 166 g/mol. The minimum Gasteiger partial charge on any atom is -0.481 e. The monoisotopic (exact) mass is 166 g/mol. The molecule has 0 saturated heterocycles. The molecule has 0 bridgehead atoms. The summed E-state index contributed by atoms with van der Waals surface area (Å²) in [6, 6.07) is 3.43. The molecule has 0 fully saturated rings. The van der Waals surface area contributed by atoms with Crippen LogP contribution in [-0.4, -0.2) is 21.3 Å². The van der Waals surface area contributed by atoms with E-state index in [-0.39, 0.29) is 0 Å². The second kappa shape index (κ2) is 3.30. The SMILES string of the molecule is Cc1ccc(C(C)C(=O)O)nn1. The first-order valence-electron chi connectivity index (χ1n) is 3.64. The predicted molar refractivity (Wildman–Crippen MR) is 42.8 cm³/mol. The largest absolute Gasteiger partial charge is 0.481 e. The van der Waals surface area contributed by atoms with Crippen LogP contribution >= 0.6 is 0 Å². The van der Waals surface area contributed by atoms with Crippen molar-refractivity contribution >= 4 is 5.97 Å². The van der Waals surface area contributed by atoms with E-state index in [1.807, 2.05) is 6.92 Å². The fourth-order valence-corrected chi connectivity index (χ4v) is 0.767. The first kappa shape index (κ1) is 8.64. The van der Waals surface area contributed by atoms with E-state index in [2.05, 4.69) is 10.2 Å². The summed E-state index contributed by atoms with van der Waals surface area (Å²) in [7, 11) is 0. The maximum Gasteiger partial charge on any atom is 0.312 e. The van der Waals surface area contributed by atoms with Crippen molar-refractivity contribution in [3.05, 3.63) is 23.5 Å². The molecule has 0 spiro atoms. The second-order valence-electron chi connectivity index (χ2n) is 2.66. The normalized spacial score (nSPS) is 12.5. The molecule has 1 rings (SSSR count). The standard InChI is InChI=1S/C8H10N2O2/c1-5-3-4-7(10-9-5)6(2)8(11)12/h3-4,6H,1-2H3,(H,11,12). The van der Waals surface area contributed by atoms with Gasteiger partial charge in [-0.1, -0.05) is 0 Å². The van der Waals surface area contributed by atoms with Crippen molar-refractivity contribution in [2.75, 3.05) is 0 Å². The zero-order chi connectivity index (χ0) is 9.14. The highest BCUT2D eigenvalue weighted by Gasteiger charge is 2.14. The van der Waals surface area contributed by atoms with Gasteiger partial charge in [-0.15, -0.1) is 0 Å².